The Kier molecular flexibility index (Phi) is 3.82. The molecule has 96 valence electrons. The lowest BCUT2D eigenvalue weighted by Crippen LogP contribution is -2.08. The summed E-state index contributed by atoms with van der Waals surface area (Å²) < 4.78 is 20.1. The van der Waals surface area contributed by atoms with Gasteiger partial charge in [0.15, 0.2) is 0 Å². The monoisotopic (exact) mass is 249 g/mol. The minimum atomic E-state index is -0.308. The van der Waals surface area contributed by atoms with E-state index in [1.807, 2.05) is 17.8 Å². The number of aryl methyl sites for hydroxylation is 1. The van der Waals surface area contributed by atoms with Gasteiger partial charge in [0.2, 0.25) is 0 Å². The number of benzene rings is 1. The van der Waals surface area contributed by atoms with Gasteiger partial charge in [-0.3, -0.25) is 4.68 Å². The molecule has 0 spiro atoms. The molecule has 4 nitrogen and oxygen atoms in total. The molecule has 0 radical (unpaired) electrons. The van der Waals surface area contributed by atoms with Crippen molar-refractivity contribution in [2.24, 2.45) is 7.05 Å². The molecule has 2 rings (SSSR count). The van der Waals surface area contributed by atoms with Crippen LogP contribution in [0, 0.1) is 5.82 Å². The predicted molar refractivity (Wildman–Crippen MR) is 68.4 cm³/mol. The Labute approximate surface area is 105 Å². The number of halogens is 1. The van der Waals surface area contributed by atoms with Gasteiger partial charge >= 0.3 is 0 Å². The van der Waals surface area contributed by atoms with Crippen molar-refractivity contribution in [1.29, 1.82) is 0 Å². The fraction of sp³-hybridized carbons (Fsp3) is 0.308. The molecular formula is C13H16FN3O. The highest BCUT2D eigenvalue weighted by molar-refractivity contribution is 5.48. The summed E-state index contributed by atoms with van der Waals surface area (Å²) in [5, 5.41) is 7.26. The van der Waals surface area contributed by atoms with Crippen LogP contribution in [0.2, 0.25) is 0 Å². The van der Waals surface area contributed by atoms with E-state index in [1.54, 1.807) is 12.3 Å². The van der Waals surface area contributed by atoms with Crippen LogP contribution < -0.4 is 10.1 Å². The van der Waals surface area contributed by atoms with Crippen LogP contribution in [0.15, 0.2) is 30.5 Å². The molecular weight excluding hydrogens is 233 g/mol. The summed E-state index contributed by atoms with van der Waals surface area (Å²) in [6.45, 7) is 0.714. The van der Waals surface area contributed by atoms with Gasteiger partial charge in [-0.2, -0.15) is 5.10 Å². The number of nitrogens with zero attached hydrogens (tertiary/aromatic N) is 2. The van der Waals surface area contributed by atoms with Crippen molar-refractivity contribution in [1.82, 2.24) is 9.78 Å². The van der Waals surface area contributed by atoms with Crippen LogP contribution in [0.25, 0.3) is 0 Å². The second-order valence-electron chi connectivity index (χ2n) is 4.00. The summed E-state index contributed by atoms with van der Waals surface area (Å²) in [5.41, 5.74) is 1.85. The van der Waals surface area contributed by atoms with Crippen molar-refractivity contribution in [2.45, 2.75) is 6.42 Å². The van der Waals surface area contributed by atoms with Crippen molar-refractivity contribution in [3.8, 4) is 5.75 Å². The normalized spacial score (nSPS) is 10.4. The first-order chi connectivity index (χ1) is 8.69. The van der Waals surface area contributed by atoms with Crippen LogP contribution in [0.4, 0.5) is 10.1 Å². The second-order valence-corrected chi connectivity index (χ2v) is 4.00. The minimum Gasteiger partial charge on any atom is -0.497 e. The van der Waals surface area contributed by atoms with Gasteiger partial charge in [0.05, 0.1) is 7.11 Å². The van der Waals surface area contributed by atoms with Gasteiger partial charge in [0, 0.05) is 49.7 Å². The van der Waals surface area contributed by atoms with Crippen molar-refractivity contribution in [3.63, 3.8) is 0 Å². The fourth-order valence-electron chi connectivity index (χ4n) is 1.76. The van der Waals surface area contributed by atoms with E-state index in [0.29, 0.717) is 18.0 Å². The highest BCUT2D eigenvalue weighted by Gasteiger charge is 2.02. The van der Waals surface area contributed by atoms with Crippen LogP contribution in [-0.2, 0) is 13.5 Å². The average Bonchev–Trinajstić information content (AvgIpc) is 2.74. The van der Waals surface area contributed by atoms with Crippen molar-refractivity contribution in [2.75, 3.05) is 19.0 Å². The van der Waals surface area contributed by atoms with Gasteiger partial charge in [-0.05, 0) is 12.1 Å². The molecule has 2 aromatic rings. The first-order valence-electron chi connectivity index (χ1n) is 5.74. The van der Waals surface area contributed by atoms with E-state index < -0.39 is 0 Å². The Morgan fingerprint density at radius 3 is 2.89 bits per heavy atom. The maximum atomic E-state index is 13.2. The van der Waals surface area contributed by atoms with Gasteiger partial charge in [0.25, 0.3) is 0 Å². The third-order valence-corrected chi connectivity index (χ3v) is 2.74. The lowest BCUT2D eigenvalue weighted by Gasteiger charge is -2.08. The maximum absolute atomic E-state index is 13.2. The van der Waals surface area contributed by atoms with Gasteiger partial charge in [-0.15, -0.1) is 0 Å². The molecule has 18 heavy (non-hydrogen) atoms. The molecule has 1 aromatic heterocycles. The summed E-state index contributed by atoms with van der Waals surface area (Å²) in [7, 11) is 3.43. The highest BCUT2D eigenvalue weighted by Crippen LogP contribution is 2.19. The largest absolute Gasteiger partial charge is 0.497 e. The van der Waals surface area contributed by atoms with E-state index in [4.69, 9.17) is 4.74 Å². The van der Waals surface area contributed by atoms with E-state index >= 15 is 0 Å². The molecule has 0 unspecified atom stereocenters. The van der Waals surface area contributed by atoms with Gasteiger partial charge < -0.3 is 10.1 Å². The van der Waals surface area contributed by atoms with E-state index in [-0.39, 0.29) is 5.82 Å². The molecule has 0 amide bonds. The fourth-order valence-corrected chi connectivity index (χ4v) is 1.76. The number of ether oxygens (including phenoxy) is 1. The number of aromatic nitrogens is 2. The standard InChI is InChI=1S/C13H16FN3O/c1-17-12(4-6-16-17)3-5-15-11-7-10(14)8-13(9-11)18-2/h4,6-9,15H,3,5H2,1-2H3. The van der Waals surface area contributed by atoms with Crippen LogP contribution in [0.1, 0.15) is 5.69 Å². The first kappa shape index (κ1) is 12.4. The number of rotatable bonds is 5. The number of anilines is 1. The molecule has 0 atom stereocenters. The topological polar surface area (TPSA) is 39.1 Å². The van der Waals surface area contributed by atoms with Crippen LogP contribution in [0.5, 0.6) is 5.75 Å². The average molecular weight is 249 g/mol. The maximum Gasteiger partial charge on any atom is 0.128 e. The van der Waals surface area contributed by atoms with Crippen molar-refractivity contribution >= 4 is 5.69 Å². The van der Waals surface area contributed by atoms with Gasteiger partial charge in [-0.1, -0.05) is 0 Å². The molecule has 0 bridgehead atoms. The summed E-state index contributed by atoms with van der Waals surface area (Å²) in [6.07, 6.45) is 2.59. The zero-order valence-electron chi connectivity index (χ0n) is 10.5. The Bertz CT molecular complexity index is 525. The molecule has 1 heterocycles. The van der Waals surface area contributed by atoms with E-state index in [9.17, 15) is 4.39 Å². The number of hydrogen-bond acceptors (Lipinski definition) is 3. The van der Waals surface area contributed by atoms with E-state index in [0.717, 1.165) is 12.1 Å². The Hall–Kier alpha value is -2.04. The quantitative estimate of drug-likeness (QED) is 0.883. The molecule has 1 N–H and O–H groups in total. The van der Waals surface area contributed by atoms with Crippen LogP contribution in [-0.4, -0.2) is 23.4 Å². The Balaban J connectivity index is 1.94. The Morgan fingerprint density at radius 1 is 1.39 bits per heavy atom. The SMILES string of the molecule is COc1cc(F)cc(NCCc2ccnn2C)c1. The number of methoxy groups -OCH3 is 1. The minimum absolute atomic E-state index is 0.308. The van der Waals surface area contributed by atoms with Crippen LogP contribution >= 0.6 is 0 Å². The van der Waals surface area contributed by atoms with Crippen LogP contribution in [0.3, 0.4) is 0 Å². The highest BCUT2D eigenvalue weighted by atomic mass is 19.1. The predicted octanol–water partition coefficient (Wildman–Crippen LogP) is 2.22. The van der Waals surface area contributed by atoms with Gasteiger partial charge in [-0.25, -0.2) is 4.39 Å². The third kappa shape index (κ3) is 3.00. The third-order valence-electron chi connectivity index (χ3n) is 2.74. The number of nitrogens with one attached hydrogen (secondary N) is 1. The molecule has 5 heteroatoms. The molecule has 0 saturated carbocycles. The summed E-state index contributed by atoms with van der Waals surface area (Å²) in [6, 6.07) is 6.54. The molecule has 0 saturated heterocycles. The molecule has 0 fully saturated rings. The van der Waals surface area contributed by atoms with Crippen molar-refractivity contribution in [3.05, 3.63) is 42.0 Å². The Morgan fingerprint density at radius 2 is 2.22 bits per heavy atom. The summed E-state index contributed by atoms with van der Waals surface area (Å²) in [4.78, 5) is 0. The zero-order valence-corrected chi connectivity index (χ0v) is 10.5. The molecule has 0 aliphatic carbocycles. The van der Waals surface area contributed by atoms with Gasteiger partial charge in [0.1, 0.15) is 11.6 Å². The molecule has 0 aliphatic heterocycles. The molecule has 0 aliphatic rings. The lowest BCUT2D eigenvalue weighted by atomic mass is 10.2. The number of hydrogen-bond donors (Lipinski definition) is 1. The zero-order chi connectivity index (χ0) is 13.0. The summed E-state index contributed by atoms with van der Waals surface area (Å²) in [5.74, 6) is 0.204. The molecule has 1 aromatic carbocycles. The lowest BCUT2D eigenvalue weighted by molar-refractivity contribution is 0.411. The first-order valence-corrected chi connectivity index (χ1v) is 5.74. The van der Waals surface area contributed by atoms with E-state index in [2.05, 4.69) is 10.4 Å². The summed E-state index contributed by atoms with van der Waals surface area (Å²) >= 11 is 0. The van der Waals surface area contributed by atoms with Crippen molar-refractivity contribution < 1.29 is 9.13 Å². The second kappa shape index (κ2) is 5.53. The smallest absolute Gasteiger partial charge is 0.128 e. The van der Waals surface area contributed by atoms with E-state index in [1.165, 1.54) is 19.2 Å².